The molecule has 2 heterocycles. The van der Waals surface area contributed by atoms with E-state index in [1.165, 1.54) is 0 Å². The van der Waals surface area contributed by atoms with Gasteiger partial charge in [0.15, 0.2) is 5.82 Å². The highest BCUT2D eigenvalue weighted by Crippen LogP contribution is 2.23. The fraction of sp³-hybridized carbons (Fsp3) is 0.500. The quantitative estimate of drug-likeness (QED) is 0.695. The van der Waals surface area contributed by atoms with E-state index in [4.69, 9.17) is 0 Å². The summed E-state index contributed by atoms with van der Waals surface area (Å²) in [5.41, 5.74) is 1.77. The van der Waals surface area contributed by atoms with Gasteiger partial charge in [0.05, 0.1) is 0 Å². The third kappa shape index (κ3) is 3.58. The van der Waals surface area contributed by atoms with Crippen LogP contribution < -0.4 is 5.32 Å². The second kappa shape index (κ2) is 5.54. The molecule has 20 heavy (non-hydrogen) atoms. The minimum Gasteiger partial charge on any atom is -0.609 e. The first-order chi connectivity index (χ1) is 9.26. The minimum absolute atomic E-state index is 0.140. The molecule has 5 nitrogen and oxygen atoms in total. The van der Waals surface area contributed by atoms with Crippen LogP contribution in [0.3, 0.4) is 0 Å². The molecule has 2 aromatic heterocycles. The molecule has 0 spiro atoms. The maximum Gasteiger partial charge on any atom is 0.343 e. The first-order valence-electron chi connectivity index (χ1n) is 6.48. The normalized spacial score (nSPS) is 13.5. The van der Waals surface area contributed by atoms with Gasteiger partial charge in [0.2, 0.25) is 0 Å². The molecule has 0 radical (unpaired) electrons. The minimum atomic E-state index is -1.20. The molecule has 0 aliphatic heterocycles. The van der Waals surface area contributed by atoms with Gasteiger partial charge in [0.25, 0.3) is 0 Å². The molecule has 0 aromatic carbocycles. The number of nitrogens with zero attached hydrogens (tertiary/aromatic N) is 3. The number of hydrogen-bond acceptors (Lipinski definition) is 5. The van der Waals surface area contributed by atoms with E-state index in [2.05, 4.69) is 41.0 Å². The van der Waals surface area contributed by atoms with Crippen LogP contribution in [0.1, 0.15) is 26.5 Å². The zero-order valence-electron chi connectivity index (χ0n) is 12.5. The van der Waals surface area contributed by atoms with E-state index in [0.717, 1.165) is 29.0 Å². The van der Waals surface area contributed by atoms with E-state index in [9.17, 15) is 4.55 Å². The largest absolute Gasteiger partial charge is 0.609 e. The van der Waals surface area contributed by atoms with Crippen molar-refractivity contribution in [2.45, 2.75) is 32.9 Å². The van der Waals surface area contributed by atoms with Gasteiger partial charge in [0, 0.05) is 35.0 Å². The molecule has 0 saturated heterocycles. The smallest absolute Gasteiger partial charge is 0.343 e. The van der Waals surface area contributed by atoms with Crippen molar-refractivity contribution in [3.63, 3.8) is 0 Å². The van der Waals surface area contributed by atoms with Crippen LogP contribution in [0.4, 0.5) is 5.82 Å². The van der Waals surface area contributed by atoms with Crippen molar-refractivity contribution in [1.29, 1.82) is 0 Å². The molecule has 1 atom stereocenters. The molecule has 0 saturated carbocycles. The van der Waals surface area contributed by atoms with Crippen LogP contribution in [-0.2, 0) is 11.2 Å². The summed E-state index contributed by atoms with van der Waals surface area (Å²) >= 11 is -1.20. The van der Waals surface area contributed by atoms with Crippen molar-refractivity contribution >= 4 is 27.9 Å². The third-order valence-corrected chi connectivity index (χ3v) is 3.43. The fourth-order valence-electron chi connectivity index (χ4n) is 1.77. The van der Waals surface area contributed by atoms with Crippen LogP contribution in [0.15, 0.2) is 17.4 Å². The molecule has 0 aliphatic carbocycles. The summed E-state index contributed by atoms with van der Waals surface area (Å²) < 4.78 is 11.5. The molecule has 0 fully saturated rings. The molecule has 0 bridgehead atoms. The Hall–Kier alpha value is -1.40. The van der Waals surface area contributed by atoms with Crippen LogP contribution in [-0.4, -0.2) is 32.3 Å². The molecule has 2 aromatic rings. The van der Waals surface area contributed by atoms with Crippen molar-refractivity contribution in [1.82, 2.24) is 15.0 Å². The summed E-state index contributed by atoms with van der Waals surface area (Å²) in [4.78, 5) is 13.0. The molecular formula is C14H20N4OS. The zero-order valence-corrected chi connectivity index (χ0v) is 13.3. The Bertz CT molecular complexity index is 622. The van der Waals surface area contributed by atoms with Crippen LogP contribution in [0.2, 0.25) is 0 Å². The highest BCUT2D eigenvalue weighted by Gasteiger charge is 2.15. The number of aromatic nitrogens is 3. The van der Waals surface area contributed by atoms with E-state index in [1.807, 2.05) is 13.0 Å². The Kier molecular flexibility index (Phi) is 4.15. The maximum atomic E-state index is 11.5. The molecule has 1 N–H and O–H groups in total. The summed E-state index contributed by atoms with van der Waals surface area (Å²) in [6.45, 7) is 9.18. The van der Waals surface area contributed by atoms with Crippen LogP contribution in [0.5, 0.6) is 0 Å². The number of fused-ring (bicyclic) bond motifs is 1. The maximum absolute atomic E-state index is 11.5. The number of nitrogens with one attached hydrogen (secondary N) is 1. The Balaban J connectivity index is 2.47. The lowest BCUT2D eigenvalue weighted by molar-refractivity contribution is 0.442. The molecular weight excluding hydrogens is 272 g/mol. The zero-order chi connectivity index (χ0) is 14.9. The highest BCUT2D eigenvalue weighted by molar-refractivity contribution is 7.90. The number of aryl methyl sites for hydroxylation is 1. The Labute approximate surface area is 122 Å². The highest BCUT2D eigenvalue weighted by atomic mass is 32.2. The average molecular weight is 292 g/mol. The third-order valence-electron chi connectivity index (χ3n) is 2.72. The average Bonchev–Trinajstić information content (AvgIpc) is 2.34. The van der Waals surface area contributed by atoms with E-state index in [-0.39, 0.29) is 5.41 Å². The van der Waals surface area contributed by atoms with E-state index in [1.54, 1.807) is 12.5 Å². The molecule has 1 unspecified atom stereocenters. The van der Waals surface area contributed by atoms with Gasteiger partial charge in [-0.3, -0.25) is 0 Å². The molecule has 0 aliphatic rings. The van der Waals surface area contributed by atoms with Gasteiger partial charge in [0.1, 0.15) is 11.8 Å². The predicted molar refractivity (Wildman–Crippen MR) is 82.3 cm³/mol. The second-order valence-electron chi connectivity index (χ2n) is 6.07. The molecule has 2 rings (SSSR count). The van der Waals surface area contributed by atoms with E-state index < -0.39 is 11.2 Å². The molecule has 108 valence electrons. The fourth-order valence-corrected chi connectivity index (χ4v) is 2.19. The van der Waals surface area contributed by atoms with Crippen LogP contribution in [0.25, 0.3) is 10.9 Å². The van der Waals surface area contributed by atoms with Crippen molar-refractivity contribution < 1.29 is 4.55 Å². The van der Waals surface area contributed by atoms with Gasteiger partial charge in [-0.25, -0.2) is 4.98 Å². The van der Waals surface area contributed by atoms with Crippen LogP contribution in [0, 0.1) is 12.3 Å². The van der Waals surface area contributed by atoms with Gasteiger partial charge in [-0.05, 0) is 18.4 Å². The van der Waals surface area contributed by atoms with Gasteiger partial charge < -0.3 is 9.87 Å². The summed E-state index contributed by atoms with van der Waals surface area (Å²) in [5, 5.41) is 4.58. The SMILES string of the molecule is Cc1cc2cnc([S+](C)[O-])nc2c(NCC(C)(C)C)n1. The second-order valence-corrected chi connectivity index (χ2v) is 7.34. The van der Waals surface area contributed by atoms with Crippen molar-refractivity contribution in [3.8, 4) is 0 Å². The molecule has 6 heteroatoms. The van der Waals surface area contributed by atoms with Crippen molar-refractivity contribution in [2.75, 3.05) is 18.1 Å². The van der Waals surface area contributed by atoms with Gasteiger partial charge >= 0.3 is 5.16 Å². The Morgan fingerprint density at radius 3 is 2.60 bits per heavy atom. The van der Waals surface area contributed by atoms with Crippen LogP contribution >= 0.6 is 0 Å². The van der Waals surface area contributed by atoms with Crippen molar-refractivity contribution in [2.24, 2.45) is 5.41 Å². The summed E-state index contributed by atoms with van der Waals surface area (Å²) in [5.74, 6) is 0.726. The lowest BCUT2D eigenvalue weighted by Crippen LogP contribution is -2.20. The number of pyridine rings is 1. The lowest BCUT2D eigenvalue weighted by atomic mass is 9.97. The Morgan fingerprint density at radius 2 is 2.00 bits per heavy atom. The summed E-state index contributed by atoms with van der Waals surface area (Å²) in [7, 11) is 0. The summed E-state index contributed by atoms with van der Waals surface area (Å²) in [6, 6.07) is 1.93. The Morgan fingerprint density at radius 1 is 1.30 bits per heavy atom. The topological polar surface area (TPSA) is 73.8 Å². The number of rotatable bonds is 3. The van der Waals surface area contributed by atoms with Crippen molar-refractivity contribution in [3.05, 3.63) is 18.0 Å². The molecule has 0 amide bonds. The van der Waals surface area contributed by atoms with E-state index >= 15 is 0 Å². The number of hydrogen-bond donors (Lipinski definition) is 1. The number of anilines is 1. The monoisotopic (exact) mass is 292 g/mol. The first kappa shape index (κ1) is 15.0. The predicted octanol–water partition coefficient (Wildman–Crippen LogP) is 2.53. The summed E-state index contributed by atoms with van der Waals surface area (Å²) in [6.07, 6.45) is 3.28. The van der Waals surface area contributed by atoms with Gasteiger partial charge in [-0.2, -0.15) is 9.97 Å². The first-order valence-corrected chi connectivity index (χ1v) is 8.04. The van der Waals surface area contributed by atoms with Gasteiger partial charge in [-0.15, -0.1) is 0 Å². The van der Waals surface area contributed by atoms with E-state index in [0.29, 0.717) is 5.16 Å². The standard InChI is InChI=1S/C14H20N4OS/c1-9-6-10-7-15-13(20(5)19)18-11(10)12(17-9)16-8-14(2,3)4/h6-7H,8H2,1-5H3,(H,16,17). The van der Waals surface area contributed by atoms with Gasteiger partial charge in [-0.1, -0.05) is 20.8 Å². The lowest BCUT2D eigenvalue weighted by Gasteiger charge is -2.20.